The van der Waals surface area contributed by atoms with Crippen LogP contribution in [0.4, 0.5) is 0 Å². The van der Waals surface area contributed by atoms with Crippen LogP contribution in [0.25, 0.3) is 0 Å². The summed E-state index contributed by atoms with van der Waals surface area (Å²) in [5.41, 5.74) is 1.54. The van der Waals surface area contributed by atoms with Gasteiger partial charge in [0.2, 0.25) is 0 Å². The van der Waals surface area contributed by atoms with Crippen molar-refractivity contribution < 1.29 is 28.6 Å². The first-order valence-electron chi connectivity index (χ1n) is 10.5. The Morgan fingerprint density at radius 2 is 1.66 bits per heavy atom. The minimum atomic E-state index is -0.260. The monoisotopic (exact) mass is 440 g/mol. The van der Waals surface area contributed by atoms with E-state index >= 15 is 0 Å². The van der Waals surface area contributed by atoms with Gasteiger partial charge in [-0.25, -0.2) is 0 Å². The topological polar surface area (TPSA) is 103 Å². The van der Waals surface area contributed by atoms with Crippen LogP contribution in [0.2, 0.25) is 0 Å². The van der Waals surface area contributed by atoms with E-state index in [0.29, 0.717) is 41.8 Å². The van der Waals surface area contributed by atoms with Crippen molar-refractivity contribution in [1.29, 1.82) is 0 Å². The Morgan fingerprint density at radius 3 is 2.31 bits per heavy atom. The molecule has 1 saturated carbocycles. The molecule has 2 aromatic carbocycles. The normalized spacial score (nSPS) is 12.6. The number of carbonyl (C=O) groups is 3. The number of carbonyl (C=O) groups excluding carboxylic acids is 3. The molecule has 0 saturated heterocycles. The van der Waals surface area contributed by atoms with Crippen LogP contribution >= 0.6 is 0 Å². The number of amides is 2. The van der Waals surface area contributed by atoms with Gasteiger partial charge in [0.05, 0.1) is 7.11 Å². The number of hydrogen-bond donors (Lipinski definition) is 2. The van der Waals surface area contributed by atoms with Crippen LogP contribution in [0, 0.1) is 0 Å². The van der Waals surface area contributed by atoms with Crippen LogP contribution in [0.5, 0.6) is 17.2 Å². The van der Waals surface area contributed by atoms with Gasteiger partial charge in [-0.15, -0.1) is 0 Å². The molecule has 0 unspecified atom stereocenters. The molecule has 32 heavy (non-hydrogen) atoms. The van der Waals surface area contributed by atoms with Crippen molar-refractivity contribution in [1.82, 2.24) is 10.6 Å². The molecule has 0 bridgehead atoms. The van der Waals surface area contributed by atoms with Crippen molar-refractivity contribution in [3.8, 4) is 17.2 Å². The molecule has 0 atom stereocenters. The van der Waals surface area contributed by atoms with Crippen molar-refractivity contribution in [2.75, 3.05) is 26.9 Å². The van der Waals surface area contributed by atoms with Crippen molar-refractivity contribution in [2.45, 2.75) is 32.2 Å². The van der Waals surface area contributed by atoms with Gasteiger partial charge in [0, 0.05) is 18.2 Å². The molecule has 2 aromatic rings. The van der Waals surface area contributed by atoms with E-state index in [4.69, 9.17) is 14.2 Å². The zero-order chi connectivity index (χ0) is 22.9. The zero-order valence-electron chi connectivity index (χ0n) is 18.3. The number of benzene rings is 2. The highest BCUT2D eigenvalue weighted by molar-refractivity contribution is 5.94. The summed E-state index contributed by atoms with van der Waals surface area (Å²) >= 11 is 0. The Hall–Kier alpha value is -3.55. The fourth-order valence-electron chi connectivity index (χ4n) is 2.94. The van der Waals surface area contributed by atoms with E-state index in [-0.39, 0.29) is 30.8 Å². The molecule has 1 fully saturated rings. The maximum absolute atomic E-state index is 12.1. The predicted molar refractivity (Wildman–Crippen MR) is 118 cm³/mol. The number of hydrogen-bond acceptors (Lipinski definition) is 6. The Morgan fingerprint density at radius 1 is 0.938 bits per heavy atom. The lowest BCUT2D eigenvalue weighted by Crippen LogP contribution is -2.30. The molecule has 8 nitrogen and oxygen atoms in total. The molecular weight excluding hydrogens is 412 g/mol. The molecule has 0 heterocycles. The highest BCUT2D eigenvalue weighted by Gasteiger charge is 2.23. The van der Waals surface area contributed by atoms with Crippen LogP contribution in [0.1, 0.15) is 35.7 Å². The number of ether oxygens (including phenoxy) is 3. The second-order valence-electron chi connectivity index (χ2n) is 7.58. The van der Waals surface area contributed by atoms with Crippen molar-refractivity contribution in [2.24, 2.45) is 0 Å². The van der Waals surface area contributed by atoms with Crippen LogP contribution in [-0.4, -0.2) is 50.5 Å². The molecule has 0 aromatic heterocycles. The number of rotatable bonds is 12. The third-order valence-electron chi connectivity index (χ3n) is 4.90. The van der Waals surface area contributed by atoms with Gasteiger partial charge in [0.15, 0.2) is 30.5 Å². The molecule has 0 radical (unpaired) electrons. The fraction of sp³-hybridized carbons (Fsp3) is 0.375. The molecule has 3 rings (SSSR count). The molecule has 170 valence electrons. The summed E-state index contributed by atoms with van der Waals surface area (Å²) in [5.74, 6) is 0.985. The van der Waals surface area contributed by atoms with E-state index in [1.807, 2.05) is 24.3 Å². The van der Waals surface area contributed by atoms with Crippen LogP contribution < -0.4 is 24.8 Å². The second kappa shape index (κ2) is 11.2. The smallest absolute Gasteiger partial charge is 0.258 e. The average Bonchev–Trinajstić information content (AvgIpc) is 3.60. The van der Waals surface area contributed by atoms with Crippen molar-refractivity contribution in [3.63, 3.8) is 0 Å². The van der Waals surface area contributed by atoms with Crippen LogP contribution in [0.15, 0.2) is 42.5 Å². The summed E-state index contributed by atoms with van der Waals surface area (Å²) in [6.07, 6.45) is 2.74. The summed E-state index contributed by atoms with van der Waals surface area (Å²) in [6, 6.07) is 12.6. The van der Waals surface area contributed by atoms with Gasteiger partial charge in [0.1, 0.15) is 5.75 Å². The number of methoxy groups -OCH3 is 1. The van der Waals surface area contributed by atoms with E-state index in [1.54, 1.807) is 18.2 Å². The molecule has 0 aliphatic heterocycles. The van der Waals surface area contributed by atoms with E-state index < -0.39 is 0 Å². The maximum Gasteiger partial charge on any atom is 0.258 e. The van der Waals surface area contributed by atoms with Gasteiger partial charge in [-0.2, -0.15) is 0 Å². The largest absolute Gasteiger partial charge is 0.493 e. The summed E-state index contributed by atoms with van der Waals surface area (Å²) in [5, 5.41) is 5.68. The highest BCUT2D eigenvalue weighted by Crippen LogP contribution is 2.28. The Bertz CT molecular complexity index is 953. The fourth-order valence-corrected chi connectivity index (χ4v) is 2.94. The molecule has 2 N–H and O–H groups in total. The third kappa shape index (κ3) is 7.30. The Labute approximate surface area is 187 Å². The standard InChI is InChI=1S/C24H28N2O6/c1-16(27)18-5-10-21(22(13-18)30-2)32-14-23(28)25-12-11-17-3-8-20(9-4-17)31-15-24(29)26-19-6-7-19/h3-5,8-10,13,19H,6-7,11-12,14-15H2,1-2H3,(H,25,28)(H,26,29). The summed E-state index contributed by atoms with van der Waals surface area (Å²) in [7, 11) is 1.48. The van der Waals surface area contributed by atoms with E-state index in [2.05, 4.69) is 10.6 Å². The number of nitrogens with one attached hydrogen (secondary N) is 2. The predicted octanol–water partition coefficient (Wildman–Crippen LogP) is 2.29. The first-order valence-corrected chi connectivity index (χ1v) is 10.5. The summed E-state index contributed by atoms with van der Waals surface area (Å²) < 4.78 is 16.2. The van der Waals surface area contributed by atoms with E-state index in [0.717, 1.165) is 18.4 Å². The van der Waals surface area contributed by atoms with Crippen molar-refractivity contribution >= 4 is 17.6 Å². The van der Waals surface area contributed by atoms with Gasteiger partial charge in [-0.1, -0.05) is 12.1 Å². The Kier molecular flexibility index (Phi) is 8.08. The molecule has 0 spiro atoms. The lowest BCUT2D eigenvalue weighted by Gasteiger charge is -2.12. The van der Waals surface area contributed by atoms with E-state index in [9.17, 15) is 14.4 Å². The average molecular weight is 440 g/mol. The lowest BCUT2D eigenvalue weighted by atomic mass is 10.1. The molecule has 1 aliphatic carbocycles. The minimum absolute atomic E-state index is 0.00810. The molecule has 8 heteroatoms. The van der Waals surface area contributed by atoms with Crippen LogP contribution in [-0.2, 0) is 16.0 Å². The lowest BCUT2D eigenvalue weighted by molar-refractivity contribution is -0.123. The number of Topliss-reactive ketones (excluding diaryl/α,β-unsaturated/α-hetero) is 1. The first kappa shape index (κ1) is 23.1. The van der Waals surface area contributed by atoms with Crippen LogP contribution in [0.3, 0.4) is 0 Å². The molecular formula is C24H28N2O6. The third-order valence-corrected chi connectivity index (χ3v) is 4.90. The quantitative estimate of drug-likeness (QED) is 0.491. The zero-order valence-corrected chi connectivity index (χ0v) is 18.3. The highest BCUT2D eigenvalue weighted by atomic mass is 16.5. The van der Waals surface area contributed by atoms with Gasteiger partial charge in [-0.3, -0.25) is 14.4 Å². The second-order valence-corrected chi connectivity index (χ2v) is 7.58. The SMILES string of the molecule is COc1cc(C(C)=O)ccc1OCC(=O)NCCc1ccc(OCC(=O)NC2CC2)cc1. The number of ketones is 1. The summed E-state index contributed by atoms with van der Waals surface area (Å²) in [4.78, 5) is 35.2. The first-order chi connectivity index (χ1) is 15.4. The Balaban J connectivity index is 1.36. The molecule has 2 amide bonds. The van der Waals surface area contributed by atoms with E-state index in [1.165, 1.54) is 14.0 Å². The summed E-state index contributed by atoms with van der Waals surface area (Å²) in [6.45, 7) is 1.77. The van der Waals surface area contributed by atoms with Gasteiger partial charge < -0.3 is 24.8 Å². The van der Waals surface area contributed by atoms with Crippen molar-refractivity contribution in [3.05, 3.63) is 53.6 Å². The van der Waals surface area contributed by atoms with Gasteiger partial charge in [-0.05, 0) is 62.1 Å². The minimum Gasteiger partial charge on any atom is -0.493 e. The van der Waals surface area contributed by atoms with Gasteiger partial charge >= 0.3 is 0 Å². The molecule has 1 aliphatic rings. The van der Waals surface area contributed by atoms with Gasteiger partial charge in [0.25, 0.3) is 11.8 Å². The maximum atomic E-state index is 12.1.